The van der Waals surface area contributed by atoms with E-state index in [4.69, 9.17) is 0 Å². The van der Waals surface area contributed by atoms with Crippen molar-refractivity contribution in [1.29, 1.82) is 0 Å². The molecule has 2 aliphatic rings. The van der Waals surface area contributed by atoms with Crippen molar-refractivity contribution in [2.45, 2.75) is 24.9 Å². The van der Waals surface area contributed by atoms with Gasteiger partial charge in [-0.05, 0) is 37.1 Å². The maximum Gasteiger partial charge on any atom is 0.0740 e. The minimum atomic E-state index is -0.478. The fourth-order valence-corrected chi connectivity index (χ4v) is 3.12. The highest BCUT2D eigenvalue weighted by molar-refractivity contribution is 5.15. The molecule has 1 aromatic rings. The first-order chi connectivity index (χ1) is 7.76. The summed E-state index contributed by atoms with van der Waals surface area (Å²) in [4.78, 5) is 6.48. The van der Waals surface area contributed by atoms with Gasteiger partial charge in [0.1, 0.15) is 0 Å². The first-order valence-electron chi connectivity index (χ1n) is 6.10. The fraction of sp³-hybridized carbons (Fsp3) is 0.615. The molecule has 3 unspecified atom stereocenters. The molecule has 3 atom stereocenters. The van der Waals surface area contributed by atoms with Gasteiger partial charge in [-0.15, -0.1) is 0 Å². The molecule has 3 heteroatoms. The van der Waals surface area contributed by atoms with E-state index in [1.807, 2.05) is 24.5 Å². The molecular weight excluding hydrogens is 200 g/mol. The molecule has 0 spiro atoms. The topological polar surface area (TPSA) is 36.4 Å². The van der Waals surface area contributed by atoms with Crippen molar-refractivity contribution in [3.05, 3.63) is 30.1 Å². The van der Waals surface area contributed by atoms with Crippen molar-refractivity contribution < 1.29 is 5.11 Å². The molecule has 2 bridgehead atoms. The summed E-state index contributed by atoms with van der Waals surface area (Å²) in [6, 6.07) is 4.03. The molecular formula is C13H18N2O. The second kappa shape index (κ2) is 3.82. The Labute approximate surface area is 96.1 Å². The van der Waals surface area contributed by atoms with Crippen LogP contribution in [-0.2, 0) is 6.42 Å². The van der Waals surface area contributed by atoms with Crippen LogP contribution in [0.3, 0.4) is 0 Å². The lowest BCUT2D eigenvalue weighted by atomic mass is 9.78. The Morgan fingerprint density at radius 2 is 2.19 bits per heavy atom. The first-order valence-corrected chi connectivity index (χ1v) is 6.10. The van der Waals surface area contributed by atoms with E-state index in [0.717, 1.165) is 32.4 Å². The number of pyridine rings is 1. The van der Waals surface area contributed by atoms with E-state index in [2.05, 4.69) is 9.88 Å². The van der Waals surface area contributed by atoms with E-state index in [1.165, 1.54) is 12.1 Å². The normalized spacial score (nSPS) is 37.6. The first kappa shape index (κ1) is 10.2. The summed E-state index contributed by atoms with van der Waals surface area (Å²) in [5, 5.41) is 10.8. The second-order valence-electron chi connectivity index (χ2n) is 5.17. The van der Waals surface area contributed by atoms with Gasteiger partial charge in [0.25, 0.3) is 0 Å². The highest BCUT2D eigenvalue weighted by atomic mass is 16.3. The van der Waals surface area contributed by atoms with E-state index in [0.29, 0.717) is 5.92 Å². The number of piperidine rings is 1. The Balaban J connectivity index is 1.78. The molecule has 0 radical (unpaired) electrons. The van der Waals surface area contributed by atoms with Crippen LogP contribution in [0.25, 0.3) is 0 Å². The van der Waals surface area contributed by atoms with Gasteiger partial charge in [-0.2, -0.15) is 0 Å². The van der Waals surface area contributed by atoms with Crippen molar-refractivity contribution >= 4 is 0 Å². The zero-order valence-electron chi connectivity index (χ0n) is 9.47. The summed E-state index contributed by atoms with van der Waals surface area (Å²) in [7, 11) is 0. The van der Waals surface area contributed by atoms with E-state index >= 15 is 0 Å². The molecule has 1 N–H and O–H groups in total. The molecule has 2 saturated heterocycles. The Kier molecular flexibility index (Phi) is 2.45. The molecule has 0 saturated carbocycles. The summed E-state index contributed by atoms with van der Waals surface area (Å²) in [5.74, 6) is 0.467. The maximum atomic E-state index is 10.8. The Morgan fingerprint density at radius 3 is 3.00 bits per heavy atom. The summed E-state index contributed by atoms with van der Waals surface area (Å²) >= 11 is 0. The van der Waals surface area contributed by atoms with Gasteiger partial charge in [-0.1, -0.05) is 0 Å². The maximum absolute atomic E-state index is 10.8. The number of nitrogens with zero attached hydrogens (tertiary/aromatic N) is 2. The monoisotopic (exact) mass is 218 g/mol. The van der Waals surface area contributed by atoms with E-state index in [1.54, 1.807) is 0 Å². The Morgan fingerprint density at radius 1 is 1.38 bits per heavy atom. The van der Waals surface area contributed by atoms with Gasteiger partial charge < -0.3 is 10.0 Å². The third-order valence-electron chi connectivity index (χ3n) is 4.15. The molecule has 1 aromatic heterocycles. The molecule has 0 amide bonds. The molecule has 3 heterocycles. The smallest absolute Gasteiger partial charge is 0.0740 e. The lowest BCUT2D eigenvalue weighted by Gasteiger charge is -2.38. The molecule has 86 valence electrons. The van der Waals surface area contributed by atoms with Crippen LogP contribution in [0.2, 0.25) is 0 Å². The van der Waals surface area contributed by atoms with Crippen molar-refractivity contribution in [3.63, 3.8) is 0 Å². The fourth-order valence-electron chi connectivity index (χ4n) is 3.12. The highest BCUT2D eigenvalue weighted by Gasteiger charge is 2.44. The number of aromatic nitrogens is 1. The van der Waals surface area contributed by atoms with E-state index in [-0.39, 0.29) is 0 Å². The van der Waals surface area contributed by atoms with Gasteiger partial charge in [-0.3, -0.25) is 4.98 Å². The average Bonchev–Trinajstić information content (AvgIpc) is 2.72. The summed E-state index contributed by atoms with van der Waals surface area (Å²) in [6.45, 7) is 3.31. The quantitative estimate of drug-likeness (QED) is 0.807. The van der Waals surface area contributed by atoms with Gasteiger partial charge in [0.05, 0.1) is 5.60 Å². The molecule has 3 rings (SSSR count). The standard InChI is InChI=1S/C13H18N2O/c16-13(9-11-1-5-14-6-2-11)4-8-15-7-3-12(13)10-15/h1-2,5-6,12,16H,3-4,7-10H2. The van der Waals surface area contributed by atoms with Gasteiger partial charge in [-0.25, -0.2) is 0 Å². The molecule has 0 aromatic carbocycles. The highest BCUT2D eigenvalue weighted by Crippen LogP contribution is 2.37. The number of fused-ring (bicyclic) bond motifs is 2. The van der Waals surface area contributed by atoms with Crippen LogP contribution in [0, 0.1) is 5.92 Å². The largest absolute Gasteiger partial charge is 0.389 e. The summed E-state index contributed by atoms with van der Waals surface area (Å²) in [6.07, 6.45) is 6.47. The predicted octanol–water partition coefficient (Wildman–Crippen LogP) is 1.08. The molecule has 3 nitrogen and oxygen atoms in total. The minimum Gasteiger partial charge on any atom is -0.389 e. The number of hydrogen-bond acceptors (Lipinski definition) is 3. The number of rotatable bonds is 2. The number of hydrogen-bond donors (Lipinski definition) is 1. The van der Waals surface area contributed by atoms with Crippen molar-refractivity contribution in [3.8, 4) is 0 Å². The summed E-state index contributed by atoms with van der Waals surface area (Å²) in [5.41, 5.74) is 0.729. The molecule has 16 heavy (non-hydrogen) atoms. The Hall–Kier alpha value is -0.930. The van der Waals surface area contributed by atoms with Crippen LogP contribution >= 0.6 is 0 Å². The van der Waals surface area contributed by atoms with Crippen LogP contribution in [0.15, 0.2) is 24.5 Å². The summed E-state index contributed by atoms with van der Waals surface area (Å²) < 4.78 is 0. The van der Waals surface area contributed by atoms with Crippen LogP contribution < -0.4 is 0 Å². The van der Waals surface area contributed by atoms with Gasteiger partial charge in [0.2, 0.25) is 0 Å². The lowest BCUT2D eigenvalue weighted by molar-refractivity contribution is -0.0439. The van der Waals surface area contributed by atoms with Crippen LogP contribution in [0.4, 0.5) is 0 Å². The zero-order chi connectivity index (χ0) is 11.0. The van der Waals surface area contributed by atoms with Gasteiger partial charge in [0.15, 0.2) is 0 Å². The molecule has 0 aliphatic carbocycles. The van der Waals surface area contributed by atoms with Crippen molar-refractivity contribution in [1.82, 2.24) is 9.88 Å². The number of aliphatic hydroxyl groups is 1. The van der Waals surface area contributed by atoms with Crippen LogP contribution in [0.5, 0.6) is 0 Å². The van der Waals surface area contributed by atoms with Crippen molar-refractivity contribution in [2.24, 2.45) is 5.92 Å². The minimum absolute atomic E-state index is 0.467. The third-order valence-corrected chi connectivity index (χ3v) is 4.15. The SMILES string of the molecule is OC1(Cc2ccncc2)CCN2CCC1C2. The van der Waals surface area contributed by atoms with Gasteiger partial charge in [0, 0.05) is 37.8 Å². The van der Waals surface area contributed by atoms with Crippen LogP contribution in [0.1, 0.15) is 18.4 Å². The van der Waals surface area contributed by atoms with Gasteiger partial charge >= 0.3 is 0 Å². The average molecular weight is 218 g/mol. The molecule has 2 fully saturated rings. The second-order valence-corrected chi connectivity index (χ2v) is 5.17. The van der Waals surface area contributed by atoms with E-state index in [9.17, 15) is 5.11 Å². The Bertz CT molecular complexity index is 367. The molecule has 2 aliphatic heterocycles. The predicted molar refractivity (Wildman–Crippen MR) is 62.1 cm³/mol. The van der Waals surface area contributed by atoms with Crippen molar-refractivity contribution in [2.75, 3.05) is 19.6 Å². The van der Waals surface area contributed by atoms with E-state index < -0.39 is 5.60 Å². The third kappa shape index (κ3) is 1.74. The zero-order valence-corrected chi connectivity index (χ0v) is 9.47. The van der Waals surface area contributed by atoms with Crippen LogP contribution in [-0.4, -0.2) is 40.2 Å². The lowest BCUT2D eigenvalue weighted by Crippen LogP contribution is -2.47.